The first-order valence-electron chi connectivity index (χ1n) is 9.95. The number of fused-ring (bicyclic) bond motifs is 1. The van der Waals surface area contributed by atoms with Crippen LogP contribution in [0.25, 0.3) is 0 Å². The van der Waals surface area contributed by atoms with E-state index in [4.69, 9.17) is 9.73 Å². The molecule has 32 heavy (non-hydrogen) atoms. The van der Waals surface area contributed by atoms with E-state index in [-0.39, 0.29) is 5.82 Å². The highest BCUT2D eigenvalue weighted by Crippen LogP contribution is 2.36. The molecule has 8 nitrogen and oxygen atoms in total. The van der Waals surface area contributed by atoms with Crippen LogP contribution < -0.4 is 4.72 Å². The fourth-order valence-corrected chi connectivity index (χ4v) is 5.58. The maximum absolute atomic E-state index is 13.6. The summed E-state index contributed by atoms with van der Waals surface area (Å²) < 4.78 is 45.0. The first-order valence-corrected chi connectivity index (χ1v) is 12.7. The quantitative estimate of drug-likeness (QED) is 0.638. The average Bonchev–Trinajstić information content (AvgIpc) is 3.37. The number of aliphatic imine (C=N–C) groups is 1. The van der Waals surface area contributed by atoms with Gasteiger partial charge in [0.05, 0.1) is 25.0 Å². The van der Waals surface area contributed by atoms with E-state index in [1.54, 1.807) is 12.3 Å². The minimum Gasteiger partial charge on any atom is -0.466 e. The lowest BCUT2D eigenvalue weighted by molar-refractivity contribution is -0.136. The molecule has 0 unspecified atom stereocenters. The van der Waals surface area contributed by atoms with Crippen molar-refractivity contribution in [3.63, 3.8) is 0 Å². The highest BCUT2D eigenvalue weighted by molar-refractivity contribution is 7.88. The number of nitrogens with one attached hydrogen (secondary N) is 1. The molecule has 1 fully saturated rings. The van der Waals surface area contributed by atoms with Gasteiger partial charge in [0.15, 0.2) is 10.8 Å². The third-order valence-corrected chi connectivity index (χ3v) is 7.00. The summed E-state index contributed by atoms with van der Waals surface area (Å²) in [7, 11) is -2.13. The summed E-state index contributed by atoms with van der Waals surface area (Å²) >= 11 is 1.41. The van der Waals surface area contributed by atoms with Crippen LogP contribution in [-0.2, 0) is 26.0 Å². The van der Waals surface area contributed by atoms with E-state index in [0.29, 0.717) is 41.5 Å². The molecule has 0 radical (unpaired) electrons. The Morgan fingerprint density at radius 2 is 2.19 bits per heavy atom. The van der Waals surface area contributed by atoms with Crippen LogP contribution in [0.1, 0.15) is 22.6 Å². The van der Waals surface area contributed by atoms with Gasteiger partial charge in [-0.05, 0) is 36.6 Å². The largest absolute Gasteiger partial charge is 0.466 e. The minimum atomic E-state index is -3.44. The van der Waals surface area contributed by atoms with Crippen LogP contribution in [0.2, 0.25) is 0 Å². The minimum absolute atomic E-state index is 0.320. The zero-order chi connectivity index (χ0) is 23.0. The van der Waals surface area contributed by atoms with Crippen LogP contribution in [0.3, 0.4) is 0 Å². The molecule has 2 aliphatic heterocycles. The fourth-order valence-electron chi connectivity index (χ4n) is 4.18. The monoisotopic (exact) mass is 478 g/mol. The molecule has 0 saturated carbocycles. The molecular weight excluding hydrogens is 455 g/mol. The van der Waals surface area contributed by atoms with Gasteiger partial charge in [-0.2, -0.15) is 0 Å². The molecule has 0 spiro atoms. The summed E-state index contributed by atoms with van der Waals surface area (Å²) in [5.41, 5.74) is 2.67. The molecule has 1 aromatic carbocycles. The summed E-state index contributed by atoms with van der Waals surface area (Å²) in [6.45, 7) is 2.13. The molecule has 1 N–H and O–H groups in total. The lowest BCUT2D eigenvalue weighted by Gasteiger charge is -2.31. The van der Waals surface area contributed by atoms with E-state index in [0.717, 1.165) is 17.4 Å². The number of nitrogens with zero attached hydrogens (tertiary/aromatic N) is 3. The summed E-state index contributed by atoms with van der Waals surface area (Å²) in [5, 5.41) is 2.51. The van der Waals surface area contributed by atoms with Crippen LogP contribution in [-0.4, -0.2) is 62.1 Å². The number of aryl methyl sites for hydroxylation is 1. The van der Waals surface area contributed by atoms with E-state index in [1.165, 1.54) is 30.6 Å². The van der Waals surface area contributed by atoms with Gasteiger partial charge in [-0.25, -0.2) is 27.3 Å². The van der Waals surface area contributed by atoms with Gasteiger partial charge in [0.2, 0.25) is 10.0 Å². The number of methoxy groups -OCH3 is 1. The summed E-state index contributed by atoms with van der Waals surface area (Å²) in [6.07, 6.45) is 3.47. The molecule has 4 rings (SSSR count). The van der Waals surface area contributed by atoms with E-state index in [2.05, 4.69) is 9.71 Å². The van der Waals surface area contributed by atoms with Crippen molar-refractivity contribution in [2.24, 2.45) is 4.99 Å². The smallest absolute Gasteiger partial charge is 0.337 e. The number of halogens is 1. The van der Waals surface area contributed by atoms with Crippen molar-refractivity contribution < 1.29 is 22.3 Å². The second-order valence-electron chi connectivity index (χ2n) is 7.83. The Morgan fingerprint density at radius 3 is 2.81 bits per heavy atom. The molecule has 0 amide bonds. The number of ether oxygens (including phenoxy) is 1. The van der Waals surface area contributed by atoms with Gasteiger partial charge in [-0.1, -0.05) is 6.07 Å². The number of rotatable bonds is 6. The summed E-state index contributed by atoms with van der Waals surface area (Å²) in [4.78, 5) is 23.9. The van der Waals surface area contributed by atoms with Crippen molar-refractivity contribution in [2.45, 2.75) is 31.8 Å². The number of hydrogen-bond donors (Lipinski definition) is 1. The van der Waals surface area contributed by atoms with Gasteiger partial charge < -0.3 is 9.64 Å². The SMILES string of the molecule is COC(=O)C1=C2C[C@H](NS(C)(=O)=O)CN2C(c2nccs2)=N[C@H]1Cc1ccc(F)cc1C. The molecule has 0 aliphatic carbocycles. The number of carbonyl (C=O) groups is 1. The standard InChI is InChI=1S/C21H23FN4O4S2/c1-12-8-14(22)5-4-13(12)9-16-18(21(27)30-2)17-10-15(25-32(3,28)29)11-26(17)19(24-16)20-23-6-7-31-20/h4-8,15-16,25H,9-11H2,1-3H3/t15-,16-/m0/s1. The second kappa shape index (κ2) is 8.72. The van der Waals surface area contributed by atoms with Crippen molar-refractivity contribution in [1.29, 1.82) is 0 Å². The van der Waals surface area contributed by atoms with Gasteiger partial charge in [-0.15, -0.1) is 11.3 Å². The number of esters is 1. The van der Waals surface area contributed by atoms with E-state index in [1.807, 2.05) is 17.2 Å². The van der Waals surface area contributed by atoms with Crippen molar-refractivity contribution in [2.75, 3.05) is 19.9 Å². The van der Waals surface area contributed by atoms with Crippen molar-refractivity contribution in [3.05, 3.63) is 63.0 Å². The summed E-state index contributed by atoms with van der Waals surface area (Å²) in [6, 6.07) is 3.53. The van der Waals surface area contributed by atoms with E-state index in [9.17, 15) is 17.6 Å². The number of benzene rings is 1. The predicted molar refractivity (Wildman–Crippen MR) is 119 cm³/mol. The van der Waals surface area contributed by atoms with Crippen LogP contribution >= 0.6 is 11.3 Å². The van der Waals surface area contributed by atoms with Crippen molar-refractivity contribution in [3.8, 4) is 0 Å². The first kappa shape index (κ1) is 22.6. The van der Waals surface area contributed by atoms with Crippen LogP contribution in [0, 0.1) is 12.7 Å². The molecule has 3 heterocycles. The fraction of sp³-hybridized carbons (Fsp3) is 0.381. The maximum atomic E-state index is 13.6. The number of aromatic nitrogens is 1. The Labute approximate surface area is 189 Å². The molecule has 0 bridgehead atoms. The van der Waals surface area contributed by atoms with Gasteiger partial charge in [-0.3, -0.25) is 4.99 Å². The third kappa shape index (κ3) is 4.59. The highest BCUT2D eigenvalue weighted by atomic mass is 32.2. The first-order chi connectivity index (χ1) is 15.2. The molecule has 2 aliphatic rings. The molecule has 11 heteroatoms. The highest BCUT2D eigenvalue weighted by Gasteiger charge is 2.42. The van der Waals surface area contributed by atoms with E-state index >= 15 is 0 Å². The van der Waals surface area contributed by atoms with E-state index < -0.39 is 28.1 Å². The molecule has 170 valence electrons. The number of amidine groups is 1. The molecule has 1 saturated heterocycles. The van der Waals surface area contributed by atoms with Crippen LogP contribution in [0.5, 0.6) is 0 Å². The summed E-state index contributed by atoms with van der Waals surface area (Å²) in [5.74, 6) is -0.257. The lowest BCUT2D eigenvalue weighted by atomic mass is 9.93. The number of hydrogen-bond acceptors (Lipinski definition) is 8. The van der Waals surface area contributed by atoms with Gasteiger partial charge in [0.1, 0.15) is 5.82 Å². The Balaban J connectivity index is 1.80. The van der Waals surface area contributed by atoms with Gasteiger partial charge in [0.25, 0.3) is 0 Å². The number of sulfonamides is 1. The maximum Gasteiger partial charge on any atom is 0.337 e. The molecule has 1 aromatic heterocycles. The van der Waals surface area contributed by atoms with Crippen molar-refractivity contribution >= 4 is 33.2 Å². The Morgan fingerprint density at radius 1 is 1.41 bits per heavy atom. The predicted octanol–water partition coefficient (Wildman–Crippen LogP) is 2.01. The van der Waals surface area contributed by atoms with Gasteiger partial charge in [0, 0.05) is 36.3 Å². The zero-order valence-electron chi connectivity index (χ0n) is 17.8. The number of carbonyl (C=O) groups excluding carboxylic acids is 1. The van der Waals surface area contributed by atoms with Crippen LogP contribution in [0.4, 0.5) is 4.39 Å². The Kier molecular flexibility index (Phi) is 6.15. The van der Waals surface area contributed by atoms with Crippen LogP contribution in [0.15, 0.2) is 46.0 Å². The topological polar surface area (TPSA) is 101 Å². The molecule has 2 atom stereocenters. The molecule has 2 aromatic rings. The lowest BCUT2D eigenvalue weighted by Crippen LogP contribution is -2.40. The normalized spacial score (nSPS) is 20.9. The number of thiazole rings is 1. The average molecular weight is 479 g/mol. The Hall–Kier alpha value is -2.63. The van der Waals surface area contributed by atoms with Crippen molar-refractivity contribution in [1.82, 2.24) is 14.6 Å². The Bertz CT molecular complexity index is 1210. The second-order valence-corrected chi connectivity index (χ2v) is 10.5. The van der Waals surface area contributed by atoms with Gasteiger partial charge >= 0.3 is 5.97 Å². The third-order valence-electron chi connectivity index (χ3n) is 5.47. The molecular formula is C21H23FN4O4S2. The zero-order valence-corrected chi connectivity index (χ0v) is 19.5.